The quantitative estimate of drug-likeness (QED) is 0.656. The van der Waals surface area contributed by atoms with Crippen LogP contribution in [0.25, 0.3) is 10.9 Å². The summed E-state index contributed by atoms with van der Waals surface area (Å²) >= 11 is 0. The van der Waals surface area contributed by atoms with Crippen molar-refractivity contribution in [3.63, 3.8) is 0 Å². The maximum absolute atomic E-state index is 12.0. The van der Waals surface area contributed by atoms with E-state index in [1.54, 1.807) is 12.1 Å². The maximum atomic E-state index is 12.0. The van der Waals surface area contributed by atoms with E-state index >= 15 is 0 Å². The first-order chi connectivity index (χ1) is 13.1. The van der Waals surface area contributed by atoms with Crippen LogP contribution in [0.3, 0.4) is 0 Å². The van der Waals surface area contributed by atoms with Crippen molar-refractivity contribution in [3.8, 4) is 11.5 Å². The third-order valence-corrected chi connectivity index (χ3v) is 4.67. The van der Waals surface area contributed by atoms with Crippen LogP contribution in [0.15, 0.2) is 36.5 Å². The predicted molar refractivity (Wildman–Crippen MR) is 102 cm³/mol. The molecule has 0 spiro atoms. The van der Waals surface area contributed by atoms with Crippen molar-refractivity contribution in [2.24, 2.45) is 5.73 Å². The van der Waals surface area contributed by atoms with E-state index in [0.29, 0.717) is 41.3 Å². The highest BCUT2D eigenvalue weighted by Crippen LogP contribution is 2.39. The van der Waals surface area contributed by atoms with Crippen molar-refractivity contribution in [1.29, 1.82) is 0 Å². The zero-order valence-electron chi connectivity index (χ0n) is 14.8. The van der Waals surface area contributed by atoms with E-state index in [9.17, 15) is 9.90 Å². The number of hydrogen-bond acceptors (Lipinski definition) is 6. The van der Waals surface area contributed by atoms with E-state index in [1.807, 2.05) is 25.1 Å². The molecule has 0 saturated carbocycles. The van der Waals surface area contributed by atoms with Gasteiger partial charge in [-0.25, -0.2) is 0 Å². The van der Waals surface area contributed by atoms with E-state index in [4.69, 9.17) is 15.2 Å². The van der Waals surface area contributed by atoms with Crippen LogP contribution in [0.1, 0.15) is 21.5 Å². The second-order valence-corrected chi connectivity index (χ2v) is 6.30. The Bertz CT molecular complexity index is 1050. The zero-order valence-corrected chi connectivity index (χ0v) is 14.8. The van der Waals surface area contributed by atoms with Gasteiger partial charge in [0.05, 0.1) is 23.4 Å². The number of nitrogens with two attached hydrogens (primary N) is 1. The molecule has 1 aliphatic rings. The third kappa shape index (κ3) is 3.02. The molecule has 27 heavy (non-hydrogen) atoms. The number of benzene rings is 2. The number of nitrogens with zero attached hydrogens (tertiary/aromatic N) is 1. The average molecular weight is 365 g/mol. The lowest BCUT2D eigenvalue weighted by Gasteiger charge is -2.21. The number of hydrogen-bond donors (Lipinski definition) is 3. The fourth-order valence-corrected chi connectivity index (χ4v) is 3.18. The summed E-state index contributed by atoms with van der Waals surface area (Å²) in [4.78, 5) is 16.4. The summed E-state index contributed by atoms with van der Waals surface area (Å²) in [6.45, 7) is 2.78. The number of ether oxygens (including phenoxy) is 2. The molecule has 1 aliphatic heterocycles. The lowest BCUT2D eigenvalue weighted by Crippen LogP contribution is -2.16. The molecule has 0 aliphatic carbocycles. The number of nitrogens with one attached hydrogen (secondary N) is 1. The largest absolute Gasteiger partial charge is 0.486 e. The fourth-order valence-electron chi connectivity index (χ4n) is 3.18. The molecule has 4 N–H and O–H groups in total. The number of carbonyl (C=O) groups excluding carboxylic acids is 1. The Morgan fingerprint density at radius 3 is 2.70 bits per heavy atom. The molecule has 0 radical (unpaired) electrons. The van der Waals surface area contributed by atoms with Crippen molar-refractivity contribution >= 4 is 28.2 Å². The molecule has 0 fully saturated rings. The van der Waals surface area contributed by atoms with Crippen molar-refractivity contribution in [2.75, 3.05) is 18.5 Å². The van der Waals surface area contributed by atoms with E-state index in [1.165, 1.54) is 6.20 Å². The Morgan fingerprint density at radius 2 is 2.00 bits per heavy atom. The summed E-state index contributed by atoms with van der Waals surface area (Å²) in [5.41, 5.74) is 9.50. The van der Waals surface area contributed by atoms with Gasteiger partial charge in [-0.05, 0) is 30.2 Å². The number of rotatable bonds is 4. The van der Waals surface area contributed by atoms with Gasteiger partial charge in [-0.15, -0.1) is 0 Å². The van der Waals surface area contributed by atoms with Gasteiger partial charge in [-0.1, -0.05) is 12.1 Å². The summed E-state index contributed by atoms with van der Waals surface area (Å²) in [5, 5.41) is 13.5. The van der Waals surface area contributed by atoms with E-state index in [2.05, 4.69) is 10.3 Å². The average Bonchev–Trinajstić information content (AvgIpc) is 2.68. The number of pyridine rings is 1. The minimum Gasteiger partial charge on any atom is -0.486 e. The summed E-state index contributed by atoms with van der Waals surface area (Å²) in [6, 6.07) is 9.16. The molecule has 4 rings (SSSR count). The van der Waals surface area contributed by atoms with Gasteiger partial charge < -0.3 is 25.6 Å². The molecular weight excluding hydrogens is 346 g/mol. The normalized spacial score (nSPS) is 12.8. The standard InChI is InChI=1S/C20H19N3O4/c1-11-12(10-24)3-2-4-15(11)23-19-13-7-17-18(27-6-5-26-17)8-16(13)22-9-14(19)20(21)25/h2-4,7-9,24H,5-6,10H2,1H3,(H2,21,25)(H,22,23). The second-order valence-electron chi connectivity index (χ2n) is 6.30. The summed E-state index contributed by atoms with van der Waals surface area (Å²) in [5.74, 6) is 0.635. The maximum Gasteiger partial charge on any atom is 0.252 e. The molecule has 1 aromatic heterocycles. The number of amides is 1. The van der Waals surface area contributed by atoms with Crippen molar-refractivity contribution < 1.29 is 19.4 Å². The minimum absolute atomic E-state index is 0.0696. The Balaban J connectivity index is 1.91. The Labute approximate surface area is 155 Å². The van der Waals surface area contributed by atoms with Gasteiger partial charge in [0.25, 0.3) is 5.91 Å². The Hall–Kier alpha value is -3.32. The Kier molecular flexibility index (Phi) is 4.29. The summed E-state index contributed by atoms with van der Waals surface area (Å²) in [7, 11) is 0. The highest BCUT2D eigenvalue weighted by atomic mass is 16.6. The molecule has 2 aromatic carbocycles. The number of aliphatic hydroxyl groups excluding tert-OH is 1. The smallest absolute Gasteiger partial charge is 0.252 e. The molecule has 138 valence electrons. The van der Waals surface area contributed by atoms with Crippen LogP contribution in [-0.4, -0.2) is 29.2 Å². The predicted octanol–water partition coefficient (Wildman–Crippen LogP) is 2.65. The first-order valence-corrected chi connectivity index (χ1v) is 8.57. The molecular formula is C20H19N3O4. The van der Waals surface area contributed by atoms with Gasteiger partial charge in [0.15, 0.2) is 11.5 Å². The monoisotopic (exact) mass is 365 g/mol. The lowest BCUT2D eigenvalue weighted by atomic mass is 10.0. The van der Waals surface area contributed by atoms with Gasteiger partial charge in [0.2, 0.25) is 0 Å². The molecule has 1 amide bonds. The Morgan fingerprint density at radius 1 is 1.26 bits per heavy atom. The fraction of sp³-hybridized carbons (Fsp3) is 0.200. The van der Waals surface area contributed by atoms with Crippen LogP contribution >= 0.6 is 0 Å². The van der Waals surface area contributed by atoms with Crippen molar-refractivity contribution in [1.82, 2.24) is 4.98 Å². The van der Waals surface area contributed by atoms with Crippen LogP contribution < -0.4 is 20.5 Å². The van der Waals surface area contributed by atoms with Crippen molar-refractivity contribution in [3.05, 3.63) is 53.2 Å². The first-order valence-electron chi connectivity index (χ1n) is 8.57. The number of anilines is 2. The van der Waals surface area contributed by atoms with Gasteiger partial charge >= 0.3 is 0 Å². The lowest BCUT2D eigenvalue weighted by molar-refractivity contribution is 0.100. The first kappa shape index (κ1) is 17.1. The highest BCUT2D eigenvalue weighted by Gasteiger charge is 2.19. The molecule has 2 heterocycles. The van der Waals surface area contributed by atoms with Gasteiger partial charge in [-0.3, -0.25) is 9.78 Å². The minimum atomic E-state index is -0.585. The van der Waals surface area contributed by atoms with Gasteiger partial charge in [-0.2, -0.15) is 0 Å². The summed E-state index contributed by atoms with van der Waals surface area (Å²) < 4.78 is 11.3. The molecule has 0 atom stereocenters. The van der Waals surface area contributed by atoms with E-state index < -0.39 is 5.91 Å². The van der Waals surface area contributed by atoms with Crippen LogP contribution in [0.5, 0.6) is 11.5 Å². The van der Waals surface area contributed by atoms with Crippen LogP contribution in [0.2, 0.25) is 0 Å². The molecule has 3 aromatic rings. The number of carbonyl (C=O) groups is 1. The van der Waals surface area contributed by atoms with Crippen LogP contribution in [-0.2, 0) is 6.61 Å². The zero-order chi connectivity index (χ0) is 19.0. The van der Waals surface area contributed by atoms with Crippen molar-refractivity contribution in [2.45, 2.75) is 13.5 Å². The van der Waals surface area contributed by atoms with Gasteiger partial charge in [0, 0.05) is 23.3 Å². The third-order valence-electron chi connectivity index (χ3n) is 4.67. The molecule has 7 nitrogen and oxygen atoms in total. The van der Waals surface area contributed by atoms with Crippen LogP contribution in [0.4, 0.5) is 11.4 Å². The second kappa shape index (κ2) is 6.77. The van der Waals surface area contributed by atoms with E-state index in [-0.39, 0.29) is 12.2 Å². The molecule has 7 heteroatoms. The number of fused-ring (bicyclic) bond motifs is 2. The molecule has 0 saturated heterocycles. The molecule has 0 unspecified atom stereocenters. The number of aliphatic hydroxyl groups is 1. The summed E-state index contributed by atoms with van der Waals surface area (Å²) in [6.07, 6.45) is 1.45. The van der Waals surface area contributed by atoms with E-state index in [0.717, 1.165) is 16.8 Å². The van der Waals surface area contributed by atoms with Gasteiger partial charge in [0.1, 0.15) is 13.2 Å². The number of aromatic nitrogens is 1. The SMILES string of the molecule is Cc1c(CO)cccc1Nc1c(C(N)=O)cnc2cc3c(cc12)OCCO3. The van der Waals surface area contributed by atoms with Crippen LogP contribution in [0, 0.1) is 6.92 Å². The molecule has 0 bridgehead atoms. The topological polar surface area (TPSA) is 107 Å². The highest BCUT2D eigenvalue weighted by molar-refractivity contribution is 6.08. The number of primary amides is 1.